The molecule has 1 unspecified atom stereocenters. The first-order chi connectivity index (χ1) is 9.91. The van der Waals surface area contributed by atoms with Gasteiger partial charge >= 0.3 is 0 Å². The van der Waals surface area contributed by atoms with Gasteiger partial charge in [-0.25, -0.2) is 0 Å². The van der Waals surface area contributed by atoms with Crippen molar-refractivity contribution in [3.8, 4) is 0 Å². The molecule has 2 aromatic rings. The van der Waals surface area contributed by atoms with Gasteiger partial charge in [-0.2, -0.15) is 0 Å². The van der Waals surface area contributed by atoms with E-state index in [1.807, 2.05) is 24.3 Å². The van der Waals surface area contributed by atoms with Crippen LogP contribution in [0.5, 0.6) is 0 Å². The molecule has 2 aromatic carbocycles. The van der Waals surface area contributed by atoms with Gasteiger partial charge in [0.05, 0.1) is 5.38 Å². The van der Waals surface area contributed by atoms with Crippen LogP contribution < -0.4 is 0 Å². The van der Waals surface area contributed by atoms with Gasteiger partial charge in [0.2, 0.25) is 0 Å². The largest absolute Gasteiger partial charge is 0.113 e. The van der Waals surface area contributed by atoms with Gasteiger partial charge in [0, 0.05) is 5.02 Å². The summed E-state index contributed by atoms with van der Waals surface area (Å²) in [7, 11) is 0. The molecule has 0 amide bonds. The average molecular weight is 321 g/mol. The van der Waals surface area contributed by atoms with Crippen LogP contribution in [0.1, 0.15) is 67.2 Å². The molecule has 0 spiro atoms. The first-order valence-corrected chi connectivity index (χ1v) is 8.25. The fraction of sp³-hybridized carbons (Fsp3) is 0.368. The van der Waals surface area contributed by atoms with E-state index < -0.39 is 0 Å². The fourth-order valence-corrected chi connectivity index (χ4v) is 3.22. The number of alkyl halides is 1. The van der Waals surface area contributed by atoms with Crippen molar-refractivity contribution in [3.63, 3.8) is 0 Å². The maximum Gasteiger partial charge on any atom is 0.0852 e. The molecule has 0 aliphatic carbocycles. The maximum atomic E-state index is 6.73. The molecule has 0 saturated heterocycles. The molecule has 0 aromatic heterocycles. The molecule has 0 radical (unpaired) electrons. The van der Waals surface area contributed by atoms with Crippen molar-refractivity contribution in [3.05, 3.63) is 69.7 Å². The summed E-state index contributed by atoms with van der Waals surface area (Å²) in [4.78, 5) is 0. The van der Waals surface area contributed by atoms with Crippen LogP contribution in [-0.4, -0.2) is 0 Å². The van der Waals surface area contributed by atoms with Crippen molar-refractivity contribution in [2.75, 3.05) is 0 Å². The second-order valence-electron chi connectivity index (χ2n) is 6.08. The summed E-state index contributed by atoms with van der Waals surface area (Å²) in [5.74, 6) is 0.952. The Labute approximate surface area is 138 Å². The van der Waals surface area contributed by atoms with E-state index in [9.17, 15) is 0 Å². The molecule has 2 heteroatoms. The molecule has 0 heterocycles. The summed E-state index contributed by atoms with van der Waals surface area (Å²) in [6, 6.07) is 14.4. The predicted molar refractivity (Wildman–Crippen MR) is 93.8 cm³/mol. The molecule has 0 aliphatic rings. The first-order valence-electron chi connectivity index (χ1n) is 7.44. The number of benzene rings is 2. The van der Waals surface area contributed by atoms with Gasteiger partial charge in [0.25, 0.3) is 0 Å². The number of halogens is 2. The van der Waals surface area contributed by atoms with Gasteiger partial charge in [0.1, 0.15) is 0 Å². The Hall–Kier alpha value is -0.980. The highest BCUT2D eigenvalue weighted by Gasteiger charge is 2.19. The SMILES string of the molecule is CC(C)c1ccc(C(Cl)c2ccccc2Cl)c(C(C)C)c1. The Kier molecular flexibility index (Phi) is 5.35. The smallest absolute Gasteiger partial charge is 0.0852 e. The molecular weight excluding hydrogens is 299 g/mol. The molecule has 21 heavy (non-hydrogen) atoms. The number of hydrogen-bond donors (Lipinski definition) is 0. The lowest BCUT2D eigenvalue weighted by Crippen LogP contribution is -2.03. The number of hydrogen-bond acceptors (Lipinski definition) is 0. The molecular formula is C19H22Cl2. The molecule has 0 N–H and O–H groups in total. The van der Waals surface area contributed by atoms with E-state index in [0.29, 0.717) is 11.8 Å². The highest BCUT2D eigenvalue weighted by atomic mass is 35.5. The molecule has 0 saturated carbocycles. The summed E-state index contributed by atoms with van der Waals surface area (Å²) in [6.45, 7) is 8.84. The van der Waals surface area contributed by atoms with E-state index in [-0.39, 0.29) is 5.38 Å². The van der Waals surface area contributed by atoms with Crippen LogP contribution in [0.3, 0.4) is 0 Å². The monoisotopic (exact) mass is 320 g/mol. The lowest BCUT2D eigenvalue weighted by molar-refractivity contribution is 0.818. The standard InChI is InChI=1S/C19H22Cl2/c1-12(2)14-9-10-15(17(11-14)13(3)4)19(21)16-7-5-6-8-18(16)20/h5-13,19H,1-4H3. The topological polar surface area (TPSA) is 0 Å². The first kappa shape index (κ1) is 16.4. The van der Waals surface area contributed by atoms with Gasteiger partial charge in [-0.3, -0.25) is 0 Å². The van der Waals surface area contributed by atoms with Gasteiger partial charge in [-0.05, 0) is 40.2 Å². The second-order valence-corrected chi connectivity index (χ2v) is 6.93. The summed E-state index contributed by atoms with van der Waals surface area (Å²) >= 11 is 13.0. The second kappa shape index (κ2) is 6.85. The summed E-state index contributed by atoms with van der Waals surface area (Å²) in [5.41, 5.74) is 4.79. The highest BCUT2D eigenvalue weighted by molar-refractivity contribution is 6.33. The summed E-state index contributed by atoms with van der Waals surface area (Å²) in [6.07, 6.45) is 0. The van der Waals surface area contributed by atoms with Crippen LogP contribution in [0.4, 0.5) is 0 Å². The Morgan fingerprint density at radius 2 is 1.43 bits per heavy atom. The van der Waals surface area contributed by atoms with E-state index in [2.05, 4.69) is 45.9 Å². The maximum absolute atomic E-state index is 6.73. The molecule has 0 bridgehead atoms. The van der Waals surface area contributed by atoms with Gasteiger partial charge in [0.15, 0.2) is 0 Å². The van der Waals surface area contributed by atoms with Crippen LogP contribution >= 0.6 is 23.2 Å². The Bertz CT molecular complexity index is 615. The third kappa shape index (κ3) is 3.62. The third-order valence-corrected chi connectivity index (χ3v) is 4.67. The Morgan fingerprint density at radius 3 is 2.00 bits per heavy atom. The van der Waals surface area contributed by atoms with Crippen molar-refractivity contribution in [1.82, 2.24) is 0 Å². The highest BCUT2D eigenvalue weighted by Crippen LogP contribution is 2.38. The zero-order chi connectivity index (χ0) is 15.6. The number of rotatable bonds is 4. The Morgan fingerprint density at radius 1 is 0.762 bits per heavy atom. The zero-order valence-electron chi connectivity index (χ0n) is 13.0. The van der Waals surface area contributed by atoms with Crippen molar-refractivity contribution < 1.29 is 0 Å². The van der Waals surface area contributed by atoms with Gasteiger partial charge < -0.3 is 0 Å². The quantitative estimate of drug-likeness (QED) is 0.536. The predicted octanol–water partition coefficient (Wildman–Crippen LogP) is 6.92. The minimum Gasteiger partial charge on any atom is -0.113 e. The molecule has 112 valence electrons. The molecule has 0 nitrogen and oxygen atoms in total. The Balaban J connectivity index is 2.50. The van der Waals surface area contributed by atoms with Crippen molar-refractivity contribution >= 4 is 23.2 Å². The van der Waals surface area contributed by atoms with E-state index >= 15 is 0 Å². The summed E-state index contributed by atoms with van der Waals surface area (Å²) < 4.78 is 0. The van der Waals surface area contributed by atoms with Crippen LogP contribution in [-0.2, 0) is 0 Å². The van der Waals surface area contributed by atoms with E-state index in [0.717, 1.165) is 16.1 Å². The minimum absolute atomic E-state index is 0.211. The van der Waals surface area contributed by atoms with E-state index in [1.54, 1.807) is 0 Å². The minimum atomic E-state index is -0.211. The third-order valence-electron chi connectivity index (χ3n) is 3.85. The van der Waals surface area contributed by atoms with Gasteiger partial charge in [-0.15, -0.1) is 11.6 Å². The zero-order valence-corrected chi connectivity index (χ0v) is 14.5. The van der Waals surface area contributed by atoms with Crippen molar-refractivity contribution in [2.45, 2.75) is 44.9 Å². The average Bonchev–Trinajstić information content (AvgIpc) is 2.46. The molecule has 2 rings (SSSR count). The lowest BCUT2D eigenvalue weighted by Gasteiger charge is -2.20. The molecule has 0 fully saturated rings. The van der Waals surface area contributed by atoms with Crippen LogP contribution in [0.15, 0.2) is 42.5 Å². The van der Waals surface area contributed by atoms with Crippen molar-refractivity contribution in [2.24, 2.45) is 0 Å². The van der Waals surface area contributed by atoms with E-state index in [1.165, 1.54) is 11.1 Å². The molecule has 1 atom stereocenters. The van der Waals surface area contributed by atoms with Crippen LogP contribution in [0.2, 0.25) is 5.02 Å². The molecule has 0 aliphatic heterocycles. The normalized spacial score (nSPS) is 13.0. The summed E-state index contributed by atoms with van der Waals surface area (Å²) in [5, 5.41) is 0.512. The van der Waals surface area contributed by atoms with E-state index in [4.69, 9.17) is 23.2 Å². The van der Waals surface area contributed by atoms with Crippen molar-refractivity contribution in [1.29, 1.82) is 0 Å². The van der Waals surface area contributed by atoms with Gasteiger partial charge in [-0.1, -0.05) is 75.7 Å². The lowest BCUT2D eigenvalue weighted by atomic mass is 9.88. The fourth-order valence-electron chi connectivity index (χ4n) is 2.53. The van der Waals surface area contributed by atoms with Crippen LogP contribution in [0, 0.1) is 0 Å². The van der Waals surface area contributed by atoms with Crippen LogP contribution in [0.25, 0.3) is 0 Å².